The summed E-state index contributed by atoms with van der Waals surface area (Å²) in [6.07, 6.45) is 0. The standard InChI is InChI=1S/C17H22N2S/c1-13(2)19(12-15-6-5-9-20-15)11-14-10-18-17-8-4-3-7-16(14)17/h3-9,13-14,18H,10-12H2,1-2H3. The van der Waals surface area contributed by atoms with Crippen molar-refractivity contribution in [2.45, 2.75) is 32.4 Å². The molecule has 2 nitrogen and oxygen atoms in total. The molecular formula is C17H22N2S. The molecule has 20 heavy (non-hydrogen) atoms. The molecule has 1 unspecified atom stereocenters. The summed E-state index contributed by atoms with van der Waals surface area (Å²) in [5, 5.41) is 5.70. The molecule has 0 radical (unpaired) electrons. The summed E-state index contributed by atoms with van der Waals surface area (Å²) < 4.78 is 0. The van der Waals surface area contributed by atoms with Crippen LogP contribution in [0.2, 0.25) is 0 Å². The van der Waals surface area contributed by atoms with Gasteiger partial charge in [0.15, 0.2) is 0 Å². The lowest BCUT2D eigenvalue weighted by Crippen LogP contribution is -2.34. The highest BCUT2D eigenvalue weighted by Gasteiger charge is 2.25. The third-order valence-corrected chi connectivity index (χ3v) is 4.92. The molecule has 0 aliphatic carbocycles. The third kappa shape index (κ3) is 2.89. The van der Waals surface area contributed by atoms with Gasteiger partial charge in [-0.15, -0.1) is 11.3 Å². The Kier molecular flexibility index (Phi) is 4.08. The second-order valence-corrected chi connectivity index (χ2v) is 6.80. The van der Waals surface area contributed by atoms with E-state index in [1.165, 1.54) is 16.1 Å². The molecule has 106 valence electrons. The molecule has 1 atom stereocenters. The first-order valence-corrected chi connectivity index (χ1v) is 8.21. The molecule has 1 aliphatic heterocycles. The summed E-state index contributed by atoms with van der Waals surface area (Å²) in [6.45, 7) is 7.84. The Bertz CT molecular complexity index is 548. The molecule has 2 aromatic rings. The van der Waals surface area contributed by atoms with Crippen LogP contribution in [0.3, 0.4) is 0 Å². The maximum absolute atomic E-state index is 3.53. The second-order valence-electron chi connectivity index (χ2n) is 5.77. The van der Waals surface area contributed by atoms with Gasteiger partial charge in [0.2, 0.25) is 0 Å². The Labute approximate surface area is 125 Å². The molecular weight excluding hydrogens is 264 g/mol. The van der Waals surface area contributed by atoms with Crippen LogP contribution in [0.1, 0.15) is 30.2 Å². The average Bonchev–Trinajstić information content (AvgIpc) is 3.08. The normalized spacial score (nSPS) is 17.5. The number of rotatable bonds is 5. The fraction of sp³-hybridized carbons (Fsp3) is 0.412. The van der Waals surface area contributed by atoms with Crippen molar-refractivity contribution in [3.63, 3.8) is 0 Å². The van der Waals surface area contributed by atoms with Crippen molar-refractivity contribution >= 4 is 17.0 Å². The lowest BCUT2D eigenvalue weighted by molar-refractivity contribution is 0.204. The first-order valence-electron chi connectivity index (χ1n) is 7.33. The number of hydrogen-bond acceptors (Lipinski definition) is 3. The predicted octanol–water partition coefficient (Wildman–Crippen LogP) is 4.17. The van der Waals surface area contributed by atoms with E-state index in [1.54, 1.807) is 0 Å². The van der Waals surface area contributed by atoms with Gasteiger partial charge in [-0.05, 0) is 36.9 Å². The van der Waals surface area contributed by atoms with Crippen molar-refractivity contribution in [3.05, 3.63) is 52.2 Å². The van der Waals surface area contributed by atoms with Crippen molar-refractivity contribution in [3.8, 4) is 0 Å². The number of anilines is 1. The highest BCUT2D eigenvalue weighted by Crippen LogP contribution is 2.32. The van der Waals surface area contributed by atoms with E-state index in [1.807, 2.05) is 11.3 Å². The van der Waals surface area contributed by atoms with Gasteiger partial charge in [-0.3, -0.25) is 4.90 Å². The van der Waals surface area contributed by atoms with E-state index < -0.39 is 0 Å². The molecule has 0 fully saturated rings. The summed E-state index contributed by atoms with van der Waals surface area (Å²) in [7, 11) is 0. The van der Waals surface area contributed by atoms with Crippen molar-refractivity contribution in [1.29, 1.82) is 0 Å². The summed E-state index contributed by atoms with van der Waals surface area (Å²) in [6, 6.07) is 13.7. The lowest BCUT2D eigenvalue weighted by Gasteiger charge is -2.28. The highest BCUT2D eigenvalue weighted by molar-refractivity contribution is 7.09. The second kappa shape index (κ2) is 5.98. The molecule has 3 heteroatoms. The van der Waals surface area contributed by atoms with Gasteiger partial charge in [0.25, 0.3) is 0 Å². The topological polar surface area (TPSA) is 15.3 Å². The first-order chi connectivity index (χ1) is 9.74. The van der Waals surface area contributed by atoms with E-state index in [9.17, 15) is 0 Å². The number of thiophene rings is 1. The Hall–Kier alpha value is -1.32. The molecule has 1 aromatic heterocycles. The number of nitrogens with zero attached hydrogens (tertiary/aromatic N) is 1. The quantitative estimate of drug-likeness (QED) is 0.887. The van der Waals surface area contributed by atoms with Crippen molar-refractivity contribution in [2.75, 3.05) is 18.4 Å². The monoisotopic (exact) mass is 286 g/mol. The van der Waals surface area contributed by atoms with Gasteiger partial charge in [0.1, 0.15) is 0 Å². The largest absolute Gasteiger partial charge is 0.384 e. The third-order valence-electron chi connectivity index (χ3n) is 4.06. The van der Waals surface area contributed by atoms with E-state index in [0.29, 0.717) is 12.0 Å². The smallest absolute Gasteiger partial charge is 0.0376 e. The predicted molar refractivity (Wildman–Crippen MR) is 87.5 cm³/mol. The van der Waals surface area contributed by atoms with Gasteiger partial charge in [-0.1, -0.05) is 24.3 Å². The average molecular weight is 286 g/mol. The minimum atomic E-state index is 0.574. The number of benzene rings is 1. The molecule has 1 N–H and O–H groups in total. The molecule has 0 bridgehead atoms. The molecule has 0 saturated carbocycles. The van der Waals surface area contributed by atoms with E-state index >= 15 is 0 Å². The summed E-state index contributed by atoms with van der Waals surface area (Å²) >= 11 is 1.85. The summed E-state index contributed by atoms with van der Waals surface area (Å²) in [5.74, 6) is 0.605. The minimum absolute atomic E-state index is 0.574. The molecule has 2 heterocycles. The Morgan fingerprint density at radius 2 is 2.10 bits per heavy atom. The Balaban J connectivity index is 1.71. The molecule has 3 rings (SSSR count). The first kappa shape index (κ1) is 13.7. The molecule has 1 aliphatic rings. The van der Waals surface area contributed by atoms with Crippen LogP contribution in [-0.2, 0) is 6.54 Å². The van der Waals surface area contributed by atoms with Crippen LogP contribution >= 0.6 is 11.3 Å². The van der Waals surface area contributed by atoms with Gasteiger partial charge in [0, 0.05) is 42.2 Å². The fourth-order valence-electron chi connectivity index (χ4n) is 2.86. The zero-order valence-electron chi connectivity index (χ0n) is 12.2. The number of nitrogens with one attached hydrogen (secondary N) is 1. The SMILES string of the molecule is CC(C)N(Cc1cccs1)CC1CNc2ccccc21. The molecule has 0 saturated heterocycles. The van der Waals surface area contributed by atoms with E-state index in [-0.39, 0.29) is 0 Å². The van der Waals surface area contributed by atoms with Gasteiger partial charge in [-0.2, -0.15) is 0 Å². The van der Waals surface area contributed by atoms with Crippen LogP contribution < -0.4 is 5.32 Å². The lowest BCUT2D eigenvalue weighted by atomic mass is 10.00. The molecule has 1 aromatic carbocycles. The van der Waals surface area contributed by atoms with Crippen molar-refractivity contribution in [2.24, 2.45) is 0 Å². The van der Waals surface area contributed by atoms with Gasteiger partial charge >= 0.3 is 0 Å². The van der Waals surface area contributed by atoms with Crippen LogP contribution in [0.4, 0.5) is 5.69 Å². The van der Waals surface area contributed by atoms with Crippen LogP contribution in [0.25, 0.3) is 0 Å². The zero-order chi connectivity index (χ0) is 13.9. The minimum Gasteiger partial charge on any atom is -0.384 e. The maximum atomic E-state index is 3.53. The van der Waals surface area contributed by atoms with Crippen LogP contribution in [0, 0.1) is 0 Å². The summed E-state index contributed by atoms with van der Waals surface area (Å²) in [4.78, 5) is 4.04. The number of para-hydroxylation sites is 1. The fourth-order valence-corrected chi connectivity index (χ4v) is 3.59. The van der Waals surface area contributed by atoms with Crippen molar-refractivity contribution < 1.29 is 0 Å². The number of hydrogen-bond donors (Lipinski definition) is 1. The Morgan fingerprint density at radius 3 is 2.85 bits per heavy atom. The maximum Gasteiger partial charge on any atom is 0.0376 e. The highest BCUT2D eigenvalue weighted by atomic mass is 32.1. The van der Waals surface area contributed by atoms with E-state index in [0.717, 1.165) is 19.6 Å². The zero-order valence-corrected chi connectivity index (χ0v) is 13.0. The Morgan fingerprint density at radius 1 is 1.25 bits per heavy atom. The van der Waals surface area contributed by atoms with E-state index in [4.69, 9.17) is 0 Å². The molecule has 0 amide bonds. The number of fused-ring (bicyclic) bond motifs is 1. The van der Waals surface area contributed by atoms with Gasteiger partial charge in [-0.25, -0.2) is 0 Å². The van der Waals surface area contributed by atoms with Gasteiger partial charge < -0.3 is 5.32 Å². The van der Waals surface area contributed by atoms with Crippen LogP contribution in [0.5, 0.6) is 0 Å². The summed E-state index contributed by atoms with van der Waals surface area (Å²) in [5.41, 5.74) is 2.79. The van der Waals surface area contributed by atoms with E-state index in [2.05, 4.69) is 65.8 Å². The van der Waals surface area contributed by atoms with Gasteiger partial charge in [0.05, 0.1) is 0 Å². The van der Waals surface area contributed by atoms with Crippen molar-refractivity contribution in [1.82, 2.24) is 4.90 Å². The molecule has 0 spiro atoms. The van der Waals surface area contributed by atoms with Crippen LogP contribution in [0.15, 0.2) is 41.8 Å². The van der Waals surface area contributed by atoms with Crippen LogP contribution in [-0.4, -0.2) is 24.0 Å².